The lowest BCUT2D eigenvalue weighted by molar-refractivity contribution is 0.0707. The van der Waals surface area contributed by atoms with Crippen molar-refractivity contribution in [2.45, 2.75) is 25.9 Å². The van der Waals surface area contributed by atoms with Gasteiger partial charge in [-0.25, -0.2) is 14.3 Å². The third kappa shape index (κ3) is 5.04. The molecule has 1 amide bonds. The Morgan fingerprint density at radius 1 is 1.08 bits per heavy atom. The molecule has 0 unspecified atom stereocenters. The highest BCUT2D eigenvalue weighted by molar-refractivity contribution is 9.10. The van der Waals surface area contributed by atoms with Crippen LogP contribution >= 0.6 is 27.5 Å². The third-order valence-corrected chi connectivity index (χ3v) is 7.80. The highest BCUT2D eigenvalue weighted by Crippen LogP contribution is 2.26. The number of pyridine rings is 1. The van der Waals surface area contributed by atoms with Crippen LogP contribution in [0.25, 0.3) is 5.82 Å². The van der Waals surface area contributed by atoms with Crippen molar-refractivity contribution in [3.8, 4) is 11.6 Å². The van der Waals surface area contributed by atoms with Crippen molar-refractivity contribution in [2.24, 2.45) is 0 Å². The summed E-state index contributed by atoms with van der Waals surface area (Å²) in [6.07, 6.45) is 2.23. The van der Waals surface area contributed by atoms with Gasteiger partial charge in [-0.3, -0.25) is 14.2 Å². The summed E-state index contributed by atoms with van der Waals surface area (Å²) >= 11 is 9.56. The van der Waals surface area contributed by atoms with E-state index in [4.69, 9.17) is 16.3 Å². The van der Waals surface area contributed by atoms with Gasteiger partial charge in [0.05, 0.1) is 30.6 Å². The molecule has 0 atom stereocenters. The van der Waals surface area contributed by atoms with Crippen LogP contribution in [0, 0.1) is 0 Å². The Kier molecular flexibility index (Phi) is 7.49. The number of benzene rings is 2. The number of halogens is 2. The molecule has 0 aliphatic carbocycles. The number of nitrogens with zero attached hydrogens (tertiary/aromatic N) is 4. The van der Waals surface area contributed by atoms with Crippen LogP contribution in [0.3, 0.4) is 0 Å². The number of aryl methyl sites for hydroxylation is 1. The number of carbonyl (C=O) groups is 2. The van der Waals surface area contributed by atoms with Gasteiger partial charge >= 0.3 is 5.69 Å². The molecule has 4 aromatic rings. The molecule has 2 aromatic carbocycles. The molecule has 3 heterocycles. The van der Waals surface area contributed by atoms with Crippen LogP contribution in [-0.2, 0) is 19.5 Å². The quantitative estimate of drug-likeness (QED) is 0.283. The van der Waals surface area contributed by atoms with Gasteiger partial charge in [-0.15, -0.1) is 0 Å². The molecule has 38 heavy (non-hydrogen) atoms. The lowest BCUT2D eigenvalue weighted by Crippen LogP contribution is -2.41. The summed E-state index contributed by atoms with van der Waals surface area (Å²) in [5.74, 6) is 0.431. The van der Waals surface area contributed by atoms with Gasteiger partial charge in [0.25, 0.3) is 5.91 Å². The topological polar surface area (TPSA) is 86.4 Å². The summed E-state index contributed by atoms with van der Waals surface area (Å²) in [6, 6.07) is 18.1. The lowest BCUT2D eigenvalue weighted by atomic mass is 10.0. The van der Waals surface area contributed by atoms with E-state index >= 15 is 0 Å². The normalized spacial score (nSPS) is 12.8. The van der Waals surface area contributed by atoms with Crippen LogP contribution in [-0.4, -0.2) is 44.4 Å². The van der Waals surface area contributed by atoms with Crippen LogP contribution < -0.4 is 10.4 Å². The first kappa shape index (κ1) is 25.9. The maximum Gasteiger partial charge on any atom is 0.334 e. The molecule has 0 saturated heterocycles. The van der Waals surface area contributed by atoms with Gasteiger partial charge in [-0.05, 0) is 58.2 Å². The number of ether oxygens (including phenoxy) is 1. The van der Waals surface area contributed by atoms with Crippen molar-refractivity contribution in [1.29, 1.82) is 0 Å². The Morgan fingerprint density at radius 3 is 2.55 bits per heavy atom. The van der Waals surface area contributed by atoms with Crippen molar-refractivity contribution in [2.75, 3.05) is 13.7 Å². The van der Waals surface area contributed by atoms with Gasteiger partial charge in [0, 0.05) is 29.5 Å². The minimum absolute atomic E-state index is 0.108. The average molecular weight is 596 g/mol. The van der Waals surface area contributed by atoms with Gasteiger partial charge in [-0.2, -0.15) is 0 Å². The Bertz CT molecular complexity index is 1560. The number of methoxy groups -OCH3 is 1. The molecule has 0 fully saturated rings. The zero-order valence-electron chi connectivity index (χ0n) is 20.6. The molecular formula is C28H24BrClN4O4. The van der Waals surface area contributed by atoms with E-state index < -0.39 is 0 Å². The summed E-state index contributed by atoms with van der Waals surface area (Å²) < 4.78 is 8.82. The van der Waals surface area contributed by atoms with E-state index in [-0.39, 0.29) is 42.6 Å². The predicted molar refractivity (Wildman–Crippen MR) is 147 cm³/mol. The van der Waals surface area contributed by atoms with Crippen LogP contribution in [0.15, 0.2) is 76.1 Å². The van der Waals surface area contributed by atoms with E-state index in [1.807, 2.05) is 30.3 Å². The molecule has 2 aromatic heterocycles. The maximum atomic E-state index is 13.7. The minimum Gasteiger partial charge on any atom is -0.495 e. The highest BCUT2D eigenvalue weighted by atomic mass is 79.9. The third-order valence-electron chi connectivity index (χ3n) is 6.57. The molecule has 1 aliphatic rings. The number of hydrogen-bond acceptors (Lipinski definition) is 5. The number of carbonyl (C=O) groups excluding carboxylic acids is 2. The summed E-state index contributed by atoms with van der Waals surface area (Å²) in [4.78, 5) is 46.6. The largest absolute Gasteiger partial charge is 0.495 e. The molecule has 0 spiro atoms. The van der Waals surface area contributed by atoms with E-state index in [9.17, 15) is 14.4 Å². The summed E-state index contributed by atoms with van der Waals surface area (Å²) in [5.41, 5.74) is 1.83. The maximum absolute atomic E-state index is 13.7. The molecular weight excluding hydrogens is 572 g/mol. The number of Topliss-reactive ketones (excluding diaryl/α,β-unsaturated/α-hetero) is 1. The fraction of sp³-hybridized carbons (Fsp3) is 0.214. The second-order valence-corrected chi connectivity index (χ2v) is 10.1. The highest BCUT2D eigenvalue weighted by Gasteiger charge is 2.32. The van der Waals surface area contributed by atoms with Crippen molar-refractivity contribution in [3.63, 3.8) is 0 Å². The first-order valence-corrected chi connectivity index (χ1v) is 13.2. The van der Waals surface area contributed by atoms with Gasteiger partial charge in [0.2, 0.25) is 0 Å². The fourth-order valence-electron chi connectivity index (χ4n) is 4.59. The van der Waals surface area contributed by atoms with E-state index in [0.29, 0.717) is 45.3 Å². The Hall–Kier alpha value is -3.69. The average Bonchev–Trinajstić information content (AvgIpc) is 3.25. The van der Waals surface area contributed by atoms with Crippen LogP contribution in [0.5, 0.6) is 5.75 Å². The molecule has 5 rings (SSSR count). The lowest BCUT2D eigenvalue weighted by Gasteiger charge is -2.28. The Balaban J connectivity index is 1.53. The van der Waals surface area contributed by atoms with Crippen LogP contribution in [0.4, 0.5) is 0 Å². The molecule has 194 valence electrons. The summed E-state index contributed by atoms with van der Waals surface area (Å²) in [5, 5.41) is 0.429. The predicted octanol–water partition coefficient (Wildman–Crippen LogP) is 4.93. The van der Waals surface area contributed by atoms with E-state index in [1.54, 1.807) is 39.8 Å². The molecule has 0 radical (unpaired) electrons. The van der Waals surface area contributed by atoms with Gasteiger partial charge < -0.3 is 9.64 Å². The number of imidazole rings is 1. The monoisotopic (exact) mass is 594 g/mol. The SMILES string of the molecule is COc1ccc(-n2c(C(=O)CCc3ccccc3)c3n(c2=O)CCN(C(=O)c2ccc(Br)c(Cl)c2)C3)nc1. The standard InChI is InChI=1S/C28H24BrClN4O4/c1-38-20-9-12-25(31-16-20)34-26(24(35)11-7-18-5-3-2-4-6-18)23-17-32(13-14-33(23)28(34)37)27(36)19-8-10-21(29)22(30)15-19/h2-6,8-10,12,15-16H,7,11,13-14,17H2,1H3. The second-order valence-electron chi connectivity index (χ2n) is 8.89. The van der Waals surface area contributed by atoms with E-state index in [2.05, 4.69) is 20.9 Å². The van der Waals surface area contributed by atoms with Crippen LogP contribution in [0.2, 0.25) is 5.02 Å². The first-order valence-electron chi connectivity index (χ1n) is 12.0. The summed E-state index contributed by atoms with van der Waals surface area (Å²) in [7, 11) is 1.53. The van der Waals surface area contributed by atoms with E-state index in [0.717, 1.165) is 5.56 Å². The van der Waals surface area contributed by atoms with Crippen molar-refractivity contribution in [3.05, 3.63) is 109 Å². The zero-order valence-corrected chi connectivity index (χ0v) is 22.9. The molecule has 0 bridgehead atoms. The van der Waals surface area contributed by atoms with Gasteiger partial charge in [0.1, 0.15) is 17.3 Å². The number of fused-ring (bicyclic) bond motifs is 1. The molecule has 1 aliphatic heterocycles. The molecule has 0 N–H and O–H groups in total. The van der Waals surface area contributed by atoms with Crippen molar-refractivity contribution in [1.82, 2.24) is 19.0 Å². The number of rotatable bonds is 7. The fourth-order valence-corrected chi connectivity index (χ4v) is 5.02. The van der Waals surface area contributed by atoms with Crippen molar-refractivity contribution < 1.29 is 14.3 Å². The second kappa shape index (κ2) is 11.0. The minimum atomic E-state index is -0.362. The smallest absolute Gasteiger partial charge is 0.334 e. The first-order chi connectivity index (χ1) is 18.4. The molecule has 0 saturated carbocycles. The Labute approximate surface area is 232 Å². The number of hydrogen-bond donors (Lipinski definition) is 0. The summed E-state index contributed by atoms with van der Waals surface area (Å²) in [6.45, 7) is 0.681. The van der Waals surface area contributed by atoms with Crippen molar-refractivity contribution >= 4 is 39.2 Å². The Morgan fingerprint density at radius 2 is 1.87 bits per heavy atom. The van der Waals surface area contributed by atoms with Gasteiger partial charge in [-0.1, -0.05) is 41.9 Å². The molecule has 8 nitrogen and oxygen atoms in total. The van der Waals surface area contributed by atoms with Gasteiger partial charge in [0.15, 0.2) is 5.78 Å². The molecule has 10 heteroatoms. The number of aromatic nitrogens is 3. The zero-order chi connectivity index (χ0) is 26.8. The number of amides is 1. The number of ketones is 1. The van der Waals surface area contributed by atoms with Crippen LogP contribution in [0.1, 0.15) is 38.5 Å². The van der Waals surface area contributed by atoms with E-state index in [1.165, 1.54) is 17.9 Å².